The van der Waals surface area contributed by atoms with Crippen LogP contribution in [-0.2, 0) is 23.9 Å². The summed E-state index contributed by atoms with van der Waals surface area (Å²) < 4.78 is 21.7. The van der Waals surface area contributed by atoms with Crippen LogP contribution in [0.2, 0.25) is 0 Å². The van der Waals surface area contributed by atoms with E-state index < -0.39 is 29.7 Å². The third-order valence-corrected chi connectivity index (χ3v) is 7.04. The van der Waals surface area contributed by atoms with Gasteiger partial charge in [-0.15, -0.1) is 0 Å². The van der Waals surface area contributed by atoms with Crippen molar-refractivity contribution in [3.63, 3.8) is 0 Å². The fourth-order valence-electron chi connectivity index (χ4n) is 5.41. The van der Waals surface area contributed by atoms with E-state index >= 15 is 0 Å². The van der Waals surface area contributed by atoms with Crippen LogP contribution >= 0.6 is 0 Å². The topological polar surface area (TPSA) is 100 Å². The molecule has 1 aliphatic heterocycles. The number of ketones is 1. The monoisotopic (exact) mass is 519 g/mol. The SMILES string of the molecule is CCOC(=O)C1=C(C)NC2=C(C(=O)[C@H](C(=O)OCC)[C@H](c3ccccc3OC)C2)[C@@H]1c1ccc(OC)cc1. The lowest BCUT2D eigenvalue weighted by Gasteiger charge is -2.39. The minimum absolute atomic E-state index is 0.139. The van der Waals surface area contributed by atoms with Crippen LogP contribution in [0, 0.1) is 5.92 Å². The molecule has 2 aliphatic rings. The first-order chi connectivity index (χ1) is 18.4. The smallest absolute Gasteiger partial charge is 0.336 e. The fourth-order valence-corrected chi connectivity index (χ4v) is 5.41. The second kappa shape index (κ2) is 11.5. The summed E-state index contributed by atoms with van der Waals surface area (Å²) in [6.07, 6.45) is 0.352. The van der Waals surface area contributed by atoms with Crippen molar-refractivity contribution < 1.29 is 33.3 Å². The molecule has 38 heavy (non-hydrogen) atoms. The minimum Gasteiger partial charge on any atom is -0.497 e. The highest BCUT2D eigenvalue weighted by atomic mass is 16.5. The maximum Gasteiger partial charge on any atom is 0.336 e. The standard InChI is InChI=1S/C30H33NO7/c1-6-37-29(33)24-17(3)31-22-16-21(20-10-8-9-11-23(20)36-5)26(30(34)38-7-2)28(32)27(22)25(24)18-12-14-19(35-4)15-13-18/h8-15,21,25-26,31H,6-7,16H2,1-5H3/t21-,25+,26+/m0/s1. The van der Waals surface area contributed by atoms with Crippen LogP contribution < -0.4 is 14.8 Å². The summed E-state index contributed by atoms with van der Waals surface area (Å²) in [5.41, 5.74) is 3.43. The summed E-state index contributed by atoms with van der Waals surface area (Å²) in [6, 6.07) is 14.6. The van der Waals surface area contributed by atoms with Crippen LogP contribution in [0.1, 0.15) is 50.2 Å². The Balaban J connectivity index is 1.91. The number of benzene rings is 2. The molecule has 200 valence electrons. The Kier molecular flexibility index (Phi) is 8.20. The number of carbonyl (C=O) groups is 3. The van der Waals surface area contributed by atoms with Crippen LogP contribution in [0.4, 0.5) is 0 Å². The molecule has 8 heteroatoms. The van der Waals surface area contributed by atoms with E-state index in [4.69, 9.17) is 18.9 Å². The third kappa shape index (κ3) is 4.90. The van der Waals surface area contributed by atoms with Crippen LogP contribution in [0.3, 0.4) is 0 Å². The van der Waals surface area contributed by atoms with Crippen molar-refractivity contribution in [2.75, 3.05) is 27.4 Å². The first-order valence-corrected chi connectivity index (χ1v) is 12.7. The van der Waals surface area contributed by atoms with Crippen LogP contribution in [-0.4, -0.2) is 45.2 Å². The number of Topliss-reactive ketones (excluding diaryl/α,β-unsaturated/α-hetero) is 1. The fraction of sp³-hybridized carbons (Fsp3) is 0.367. The molecule has 2 aromatic carbocycles. The van der Waals surface area contributed by atoms with Gasteiger partial charge in [0.15, 0.2) is 5.78 Å². The summed E-state index contributed by atoms with van der Waals surface area (Å²) in [4.78, 5) is 40.9. The Labute approximate surface area is 222 Å². The van der Waals surface area contributed by atoms with Gasteiger partial charge in [0.25, 0.3) is 0 Å². The Morgan fingerprint density at radius 2 is 1.63 bits per heavy atom. The molecule has 2 aromatic rings. The predicted molar refractivity (Wildman–Crippen MR) is 141 cm³/mol. The Hall–Kier alpha value is -4.07. The molecular formula is C30H33NO7. The summed E-state index contributed by atoms with van der Waals surface area (Å²) in [6.45, 7) is 5.57. The van der Waals surface area contributed by atoms with Crippen LogP contribution in [0.5, 0.6) is 11.5 Å². The zero-order valence-corrected chi connectivity index (χ0v) is 22.3. The number of hydrogen-bond acceptors (Lipinski definition) is 8. The van der Waals surface area contributed by atoms with Gasteiger partial charge in [-0.25, -0.2) is 4.79 Å². The van der Waals surface area contributed by atoms with E-state index in [9.17, 15) is 14.4 Å². The molecule has 4 rings (SSSR count). The number of ether oxygens (including phenoxy) is 4. The number of para-hydroxylation sites is 1. The van der Waals surface area contributed by atoms with Crippen LogP contribution in [0.15, 0.2) is 71.1 Å². The number of carbonyl (C=O) groups excluding carboxylic acids is 3. The summed E-state index contributed by atoms with van der Waals surface area (Å²) in [7, 11) is 3.13. The first-order valence-electron chi connectivity index (χ1n) is 12.7. The third-order valence-electron chi connectivity index (χ3n) is 7.04. The van der Waals surface area contributed by atoms with Crippen molar-refractivity contribution in [2.24, 2.45) is 5.92 Å². The second-order valence-corrected chi connectivity index (χ2v) is 9.13. The first kappa shape index (κ1) is 27.0. The van der Waals surface area contributed by atoms with Gasteiger partial charge in [0.1, 0.15) is 17.4 Å². The van der Waals surface area contributed by atoms with Crippen molar-refractivity contribution in [1.82, 2.24) is 5.32 Å². The molecule has 0 fully saturated rings. The van der Waals surface area contributed by atoms with Crippen molar-refractivity contribution in [3.05, 3.63) is 82.2 Å². The molecule has 0 radical (unpaired) electrons. The Morgan fingerprint density at radius 1 is 0.947 bits per heavy atom. The van der Waals surface area contributed by atoms with Gasteiger partial charge in [0.2, 0.25) is 0 Å². The number of rotatable bonds is 8. The molecule has 3 atom stereocenters. The van der Waals surface area contributed by atoms with Gasteiger partial charge in [-0.2, -0.15) is 0 Å². The number of nitrogens with one attached hydrogen (secondary N) is 1. The van der Waals surface area contributed by atoms with E-state index in [1.807, 2.05) is 36.4 Å². The van der Waals surface area contributed by atoms with Crippen molar-refractivity contribution in [2.45, 2.75) is 39.0 Å². The molecular weight excluding hydrogens is 486 g/mol. The van der Waals surface area contributed by atoms with Gasteiger partial charge >= 0.3 is 11.9 Å². The lowest BCUT2D eigenvalue weighted by Crippen LogP contribution is -2.43. The lowest BCUT2D eigenvalue weighted by molar-refractivity contribution is -0.152. The molecule has 1 N–H and O–H groups in total. The minimum atomic E-state index is -1.10. The summed E-state index contributed by atoms with van der Waals surface area (Å²) in [5, 5.41) is 3.31. The van der Waals surface area contributed by atoms with Gasteiger partial charge in [0.05, 0.1) is 33.0 Å². The largest absolute Gasteiger partial charge is 0.497 e. The summed E-state index contributed by atoms with van der Waals surface area (Å²) in [5.74, 6) is -2.61. The van der Waals surface area contributed by atoms with Crippen molar-refractivity contribution in [1.29, 1.82) is 0 Å². The molecule has 0 spiro atoms. The van der Waals surface area contributed by atoms with Gasteiger partial charge in [-0.05, 0) is 56.5 Å². The maximum absolute atomic E-state index is 14.4. The quantitative estimate of drug-likeness (QED) is 0.404. The number of allylic oxidation sites excluding steroid dienone is 3. The number of hydrogen-bond donors (Lipinski definition) is 1. The number of methoxy groups -OCH3 is 2. The van der Waals surface area contributed by atoms with Gasteiger partial charge in [-0.3, -0.25) is 9.59 Å². The van der Waals surface area contributed by atoms with Crippen molar-refractivity contribution in [3.8, 4) is 11.5 Å². The molecule has 0 unspecified atom stereocenters. The average Bonchev–Trinajstić information content (AvgIpc) is 2.92. The van der Waals surface area contributed by atoms with Gasteiger partial charge in [-0.1, -0.05) is 30.3 Å². The van der Waals surface area contributed by atoms with Gasteiger partial charge in [0, 0.05) is 28.8 Å². The van der Waals surface area contributed by atoms with E-state index in [1.165, 1.54) is 0 Å². The Bertz CT molecular complexity index is 1290. The predicted octanol–water partition coefficient (Wildman–Crippen LogP) is 4.42. The zero-order valence-electron chi connectivity index (χ0n) is 22.3. The highest BCUT2D eigenvalue weighted by Crippen LogP contribution is 2.49. The molecule has 1 heterocycles. The molecule has 0 saturated heterocycles. The molecule has 0 bridgehead atoms. The average molecular weight is 520 g/mol. The Morgan fingerprint density at radius 3 is 2.26 bits per heavy atom. The zero-order chi connectivity index (χ0) is 27.4. The normalized spacial score (nSPS) is 20.9. The van der Waals surface area contributed by atoms with E-state index in [1.54, 1.807) is 47.1 Å². The van der Waals surface area contributed by atoms with Gasteiger partial charge < -0.3 is 24.3 Å². The highest BCUT2D eigenvalue weighted by Gasteiger charge is 2.49. The molecule has 0 saturated carbocycles. The highest BCUT2D eigenvalue weighted by molar-refractivity contribution is 6.13. The summed E-state index contributed by atoms with van der Waals surface area (Å²) >= 11 is 0. The lowest BCUT2D eigenvalue weighted by atomic mass is 9.67. The van der Waals surface area contributed by atoms with E-state index in [0.717, 1.165) is 5.56 Å². The number of dihydropyridines is 1. The number of esters is 2. The second-order valence-electron chi connectivity index (χ2n) is 9.13. The molecule has 0 aromatic heterocycles. The maximum atomic E-state index is 14.4. The van der Waals surface area contributed by atoms with Crippen molar-refractivity contribution >= 4 is 17.7 Å². The van der Waals surface area contributed by atoms with Crippen LogP contribution in [0.25, 0.3) is 0 Å². The molecule has 1 aliphatic carbocycles. The van der Waals surface area contributed by atoms with E-state index in [2.05, 4.69) is 5.32 Å². The molecule has 8 nitrogen and oxygen atoms in total. The van der Waals surface area contributed by atoms with E-state index in [-0.39, 0.29) is 19.0 Å². The molecule has 0 amide bonds. The van der Waals surface area contributed by atoms with E-state index in [0.29, 0.717) is 46.0 Å².